The topological polar surface area (TPSA) is 44.7 Å². The minimum atomic E-state index is 0.163. The fourth-order valence-corrected chi connectivity index (χ4v) is 6.44. The maximum absolute atomic E-state index is 12.5. The SMILES string of the molecule is CC(C)N1CCC(=NNC(=O)CC23CC4CC(CC(C4)C2)C3)CC1. The molecule has 4 bridgehead atoms. The van der Waals surface area contributed by atoms with Crippen LogP contribution in [0.25, 0.3) is 0 Å². The summed E-state index contributed by atoms with van der Waals surface area (Å²) >= 11 is 0. The largest absolute Gasteiger partial charge is 0.300 e. The standard InChI is InChI=1S/C20H33N3O/c1-14(2)23-5-3-18(4-6-23)21-22-19(24)13-20-10-15-7-16(11-20)9-17(8-15)12-20/h14-17H,3-13H2,1-2H3,(H,22,24). The molecular weight excluding hydrogens is 298 g/mol. The van der Waals surface area contributed by atoms with Crippen molar-refractivity contribution < 1.29 is 4.79 Å². The van der Waals surface area contributed by atoms with Gasteiger partial charge >= 0.3 is 0 Å². The maximum atomic E-state index is 12.5. The van der Waals surface area contributed by atoms with Gasteiger partial charge in [-0.3, -0.25) is 4.79 Å². The van der Waals surface area contributed by atoms with Crippen molar-refractivity contribution in [2.24, 2.45) is 28.3 Å². The second-order valence-electron chi connectivity index (χ2n) is 9.44. The first-order chi connectivity index (χ1) is 11.5. The number of nitrogens with one attached hydrogen (secondary N) is 1. The molecule has 1 saturated heterocycles. The molecule has 5 aliphatic rings. The lowest BCUT2D eigenvalue weighted by Crippen LogP contribution is -2.47. The lowest BCUT2D eigenvalue weighted by molar-refractivity contribution is -0.129. The Morgan fingerprint density at radius 2 is 1.67 bits per heavy atom. The van der Waals surface area contributed by atoms with Crippen LogP contribution in [0, 0.1) is 23.2 Å². The summed E-state index contributed by atoms with van der Waals surface area (Å²) < 4.78 is 0. The second kappa shape index (κ2) is 6.44. The summed E-state index contributed by atoms with van der Waals surface area (Å²) in [6, 6.07) is 0.609. The summed E-state index contributed by atoms with van der Waals surface area (Å²) in [7, 11) is 0. The third-order valence-corrected chi connectivity index (χ3v) is 7.14. The first-order valence-corrected chi connectivity index (χ1v) is 10.1. The Hall–Kier alpha value is -0.900. The van der Waals surface area contributed by atoms with Crippen molar-refractivity contribution in [2.45, 2.75) is 77.7 Å². The number of rotatable bonds is 4. The van der Waals surface area contributed by atoms with Gasteiger partial charge in [0.05, 0.1) is 0 Å². The lowest BCUT2D eigenvalue weighted by atomic mass is 9.49. The predicted molar refractivity (Wildman–Crippen MR) is 96.7 cm³/mol. The number of carbonyl (C=O) groups excluding carboxylic acids is 1. The average Bonchev–Trinajstić information content (AvgIpc) is 2.51. The van der Waals surface area contributed by atoms with Crippen molar-refractivity contribution in [3.8, 4) is 0 Å². The van der Waals surface area contributed by atoms with Gasteiger partial charge in [0.15, 0.2) is 0 Å². The highest BCUT2D eigenvalue weighted by molar-refractivity contribution is 5.87. The summed E-state index contributed by atoms with van der Waals surface area (Å²) in [5.74, 6) is 2.90. The molecule has 4 heteroatoms. The van der Waals surface area contributed by atoms with Crippen LogP contribution in [-0.2, 0) is 4.79 Å². The molecule has 0 aromatic heterocycles. The molecule has 1 N–H and O–H groups in total. The van der Waals surface area contributed by atoms with E-state index in [4.69, 9.17) is 0 Å². The van der Waals surface area contributed by atoms with Crippen LogP contribution in [0.15, 0.2) is 5.10 Å². The predicted octanol–water partition coefficient (Wildman–Crippen LogP) is 3.57. The molecule has 4 saturated carbocycles. The minimum absolute atomic E-state index is 0.163. The van der Waals surface area contributed by atoms with Gasteiger partial charge in [-0.05, 0) is 75.5 Å². The van der Waals surface area contributed by atoms with Gasteiger partial charge in [0.1, 0.15) is 0 Å². The van der Waals surface area contributed by atoms with Gasteiger partial charge < -0.3 is 4.90 Å². The highest BCUT2D eigenvalue weighted by atomic mass is 16.2. The van der Waals surface area contributed by atoms with Crippen LogP contribution in [0.5, 0.6) is 0 Å². The number of hydrogen-bond acceptors (Lipinski definition) is 3. The van der Waals surface area contributed by atoms with Gasteiger partial charge in [-0.2, -0.15) is 5.10 Å². The van der Waals surface area contributed by atoms with Crippen LogP contribution < -0.4 is 5.43 Å². The van der Waals surface area contributed by atoms with Crippen molar-refractivity contribution >= 4 is 11.6 Å². The number of hydrogen-bond donors (Lipinski definition) is 1. The third kappa shape index (κ3) is 3.40. The monoisotopic (exact) mass is 331 g/mol. The first kappa shape index (κ1) is 16.6. The Labute approximate surface area is 146 Å². The summed E-state index contributed by atoms with van der Waals surface area (Å²) in [4.78, 5) is 15.0. The fourth-order valence-electron chi connectivity index (χ4n) is 6.44. The van der Waals surface area contributed by atoms with Crippen LogP contribution in [0.1, 0.15) is 71.6 Å². The Kier molecular flexibility index (Phi) is 4.44. The summed E-state index contributed by atoms with van der Waals surface area (Å²) in [6.45, 7) is 6.63. The molecule has 4 nitrogen and oxygen atoms in total. The van der Waals surface area contributed by atoms with E-state index < -0.39 is 0 Å². The highest BCUT2D eigenvalue weighted by Gasteiger charge is 2.51. The molecule has 5 fully saturated rings. The molecule has 0 aromatic rings. The number of carbonyl (C=O) groups is 1. The van der Waals surface area contributed by atoms with Gasteiger partial charge in [0, 0.05) is 44.1 Å². The number of hydrazone groups is 1. The molecule has 0 atom stereocenters. The van der Waals surface area contributed by atoms with E-state index in [0.717, 1.165) is 43.7 Å². The number of piperidine rings is 1. The van der Waals surface area contributed by atoms with E-state index in [-0.39, 0.29) is 5.91 Å². The zero-order chi connectivity index (χ0) is 16.7. The first-order valence-electron chi connectivity index (χ1n) is 10.1. The molecule has 5 rings (SSSR count). The zero-order valence-electron chi connectivity index (χ0n) is 15.4. The van der Waals surface area contributed by atoms with Crippen molar-refractivity contribution in [2.75, 3.05) is 13.1 Å². The van der Waals surface area contributed by atoms with E-state index in [1.54, 1.807) is 0 Å². The Bertz CT molecular complexity index is 480. The molecule has 24 heavy (non-hydrogen) atoms. The van der Waals surface area contributed by atoms with Gasteiger partial charge in [-0.25, -0.2) is 5.43 Å². The van der Waals surface area contributed by atoms with Crippen molar-refractivity contribution in [1.29, 1.82) is 0 Å². The zero-order valence-corrected chi connectivity index (χ0v) is 15.4. The third-order valence-electron chi connectivity index (χ3n) is 7.14. The molecule has 1 aliphatic heterocycles. The van der Waals surface area contributed by atoms with Crippen LogP contribution in [0.3, 0.4) is 0 Å². The molecule has 0 spiro atoms. The number of likely N-dealkylation sites (tertiary alicyclic amines) is 1. The minimum Gasteiger partial charge on any atom is -0.300 e. The maximum Gasteiger partial charge on any atom is 0.240 e. The number of amides is 1. The number of nitrogens with zero attached hydrogens (tertiary/aromatic N) is 2. The Morgan fingerprint density at radius 3 is 2.17 bits per heavy atom. The smallest absolute Gasteiger partial charge is 0.240 e. The Balaban J connectivity index is 1.29. The highest BCUT2D eigenvalue weighted by Crippen LogP contribution is 2.61. The van der Waals surface area contributed by atoms with E-state index >= 15 is 0 Å². The molecule has 4 aliphatic carbocycles. The average molecular weight is 332 g/mol. The summed E-state index contributed by atoms with van der Waals surface area (Å²) in [6.07, 6.45) is 10.9. The Morgan fingerprint density at radius 1 is 1.12 bits per heavy atom. The second-order valence-corrected chi connectivity index (χ2v) is 9.44. The summed E-state index contributed by atoms with van der Waals surface area (Å²) in [5, 5.41) is 4.47. The molecule has 0 aromatic carbocycles. The normalized spacial score (nSPS) is 38.6. The molecule has 134 valence electrons. The molecule has 0 unspecified atom stereocenters. The summed E-state index contributed by atoms with van der Waals surface area (Å²) in [5.41, 5.74) is 4.39. The molecule has 1 amide bonds. The van der Waals surface area contributed by atoms with Gasteiger partial charge in [-0.15, -0.1) is 0 Å². The van der Waals surface area contributed by atoms with Crippen molar-refractivity contribution in [3.05, 3.63) is 0 Å². The molecule has 0 radical (unpaired) electrons. The van der Waals surface area contributed by atoms with E-state index in [1.165, 1.54) is 44.2 Å². The van der Waals surface area contributed by atoms with E-state index in [0.29, 0.717) is 17.9 Å². The van der Waals surface area contributed by atoms with Crippen molar-refractivity contribution in [1.82, 2.24) is 10.3 Å². The fraction of sp³-hybridized carbons (Fsp3) is 0.900. The van der Waals surface area contributed by atoms with E-state index in [2.05, 4.69) is 29.3 Å². The van der Waals surface area contributed by atoms with Crippen LogP contribution in [-0.4, -0.2) is 35.7 Å². The van der Waals surface area contributed by atoms with Gasteiger partial charge in [0.2, 0.25) is 5.91 Å². The quantitative estimate of drug-likeness (QED) is 0.801. The lowest BCUT2D eigenvalue weighted by Gasteiger charge is -2.56. The van der Waals surface area contributed by atoms with E-state index in [1.807, 2.05) is 0 Å². The van der Waals surface area contributed by atoms with Crippen LogP contribution in [0.4, 0.5) is 0 Å². The van der Waals surface area contributed by atoms with Gasteiger partial charge in [0.25, 0.3) is 0 Å². The molecule has 1 heterocycles. The van der Waals surface area contributed by atoms with Crippen LogP contribution in [0.2, 0.25) is 0 Å². The van der Waals surface area contributed by atoms with Gasteiger partial charge in [-0.1, -0.05) is 0 Å². The van der Waals surface area contributed by atoms with Crippen LogP contribution >= 0.6 is 0 Å². The van der Waals surface area contributed by atoms with E-state index in [9.17, 15) is 4.79 Å². The molecular formula is C20H33N3O. The van der Waals surface area contributed by atoms with Crippen molar-refractivity contribution in [3.63, 3.8) is 0 Å².